The summed E-state index contributed by atoms with van der Waals surface area (Å²) >= 11 is 3.43. The van der Waals surface area contributed by atoms with Crippen LogP contribution in [0.5, 0.6) is 0 Å². The molecule has 0 aliphatic heterocycles. The van der Waals surface area contributed by atoms with Gasteiger partial charge in [0.2, 0.25) is 0 Å². The van der Waals surface area contributed by atoms with Gasteiger partial charge >= 0.3 is 0 Å². The first-order chi connectivity index (χ1) is 8.41. The van der Waals surface area contributed by atoms with Gasteiger partial charge in [-0.25, -0.2) is 8.78 Å². The summed E-state index contributed by atoms with van der Waals surface area (Å²) in [5.74, 6) is -2.22. The van der Waals surface area contributed by atoms with Crippen LogP contribution in [0.2, 0.25) is 0 Å². The number of benzene rings is 1. The van der Waals surface area contributed by atoms with Crippen LogP contribution >= 0.6 is 15.9 Å². The van der Waals surface area contributed by atoms with Gasteiger partial charge in [0.1, 0.15) is 0 Å². The van der Waals surface area contributed by atoms with Crippen molar-refractivity contribution >= 4 is 21.8 Å². The number of nitrogens with one attached hydrogen (secondary N) is 1. The summed E-state index contributed by atoms with van der Waals surface area (Å²) in [6.07, 6.45) is 0.895. The summed E-state index contributed by atoms with van der Waals surface area (Å²) in [5.41, 5.74) is -0.265. The lowest BCUT2D eigenvalue weighted by molar-refractivity contribution is 0.0948. The van der Waals surface area contributed by atoms with Gasteiger partial charge in [-0.1, -0.05) is 35.8 Å². The normalized spacial score (nSPS) is 12.6. The van der Waals surface area contributed by atoms with Crippen molar-refractivity contribution in [2.45, 2.75) is 25.1 Å². The lowest BCUT2D eigenvalue weighted by atomic mass is 10.1. The van der Waals surface area contributed by atoms with Crippen LogP contribution in [-0.4, -0.2) is 17.3 Å². The molecule has 1 N–H and O–H groups in total. The molecule has 0 aliphatic carbocycles. The van der Waals surface area contributed by atoms with E-state index in [2.05, 4.69) is 35.1 Å². The number of amides is 1. The predicted molar refractivity (Wildman–Crippen MR) is 70.9 cm³/mol. The molecule has 1 atom stereocenters. The molecule has 0 heterocycles. The Kier molecular flexibility index (Phi) is 5.72. The zero-order chi connectivity index (χ0) is 13.7. The van der Waals surface area contributed by atoms with E-state index in [9.17, 15) is 13.6 Å². The standard InChI is InChI=1S/C13H16BrF2NO/c1-8(2)6-9(14)7-17-13(18)10-4-3-5-11(15)12(10)16/h3-5,8-9H,6-7H2,1-2H3,(H,17,18). The van der Waals surface area contributed by atoms with Crippen LogP contribution in [0.15, 0.2) is 18.2 Å². The fraction of sp³-hybridized carbons (Fsp3) is 0.462. The van der Waals surface area contributed by atoms with Crippen molar-refractivity contribution < 1.29 is 13.6 Å². The first kappa shape index (κ1) is 15.1. The molecule has 0 saturated carbocycles. The average Bonchev–Trinajstić information content (AvgIpc) is 2.29. The Bertz CT molecular complexity index is 423. The monoisotopic (exact) mass is 319 g/mol. The number of carbonyl (C=O) groups excluding carboxylic acids is 1. The van der Waals surface area contributed by atoms with Gasteiger partial charge in [0.05, 0.1) is 5.56 Å². The molecule has 18 heavy (non-hydrogen) atoms. The highest BCUT2D eigenvalue weighted by atomic mass is 79.9. The molecule has 2 nitrogen and oxygen atoms in total. The molecule has 0 aromatic heterocycles. The molecular formula is C13H16BrF2NO. The van der Waals surface area contributed by atoms with E-state index in [0.717, 1.165) is 12.5 Å². The minimum atomic E-state index is -1.11. The first-order valence-corrected chi connectivity index (χ1v) is 6.69. The molecule has 1 aromatic carbocycles. The van der Waals surface area contributed by atoms with Crippen LogP contribution in [0.1, 0.15) is 30.6 Å². The van der Waals surface area contributed by atoms with Crippen LogP contribution in [0.25, 0.3) is 0 Å². The Balaban J connectivity index is 2.58. The second-order valence-corrected chi connectivity index (χ2v) is 5.83. The summed E-state index contributed by atoms with van der Waals surface area (Å²) < 4.78 is 26.3. The zero-order valence-electron chi connectivity index (χ0n) is 10.3. The van der Waals surface area contributed by atoms with Crippen molar-refractivity contribution in [2.75, 3.05) is 6.54 Å². The quantitative estimate of drug-likeness (QED) is 0.827. The Morgan fingerprint density at radius 1 is 1.39 bits per heavy atom. The maximum Gasteiger partial charge on any atom is 0.254 e. The molecule has 0 bridgehead atoms. The Labute approximate surface area is 114 Å². The second-order valence-electron chi connectivity index (χ2n) is 4.54. The smallest absolute Gasteiger partial charge is 0.254 e. The van der Waals surface area contributed by atoms with E-state index in [0.29, 0.717) is 12.5 Å². The third-order valence-electron chi connectivity index (χ3n) is 2.41. The lowest BCUT2D eigenvalue weighted by Crippen LogP contribution is -2.30. The molecule has 1 rings (SSSR count). The molecule has 0 fully saturated rings. The fourth-order valence-corrected chi connectivity index (χ4v) is 2.48. The molecule has 1 unspecified atom stereocenters. The van der Waals surface area contributed by atoms with Gasteiger partial charge in [-0.15, -0.1) is 0 Å². The Hall–Kier alpha value is -0.970. The van der Waals surface area contributed by atoms with Crippen molar-refractivity contribution in [2.24, 2.45) is 5.92 Å². The number of alkyl halides is 1. The Morgan fingerprint density at radius 2 is 2.06 bits per heavy atom. The van der Waals surface area contributed by atoms with Crippen LogP contribution in [-0.2, 0) is 0 Å². The van der Waals surface area contributed by atoms with Gasteiger partial charge in [0.15, 0.2) is 11.6 Å². The highest BCUT2D eigenvalue weighted by Gasteiger charge is 2.16. The van der Waals surface area contributed by atoms with Crippen molar-refractivity contribution in [1.29, 1.82) is 0 Å². The SMILES string of the molecule is CC(C)CC(Br)CNC(=O)c1cccc(F)c1F. The minimum Gasteiger partial charge on any atom is -0.351 e. The largest absolute Gasteiger partial charge is 0.351 e. The average molecular weight is 320 g/mol. The topological polar surface area (TPSA) is 29.1 Å². The first-order valence-electron chi connectivity index (χ1n) is 5.78. The number of halogens is 3. The van der Waals surface area contributed by atoms with Gasteiger partial charge in [0, 0.05) is 11.4 Å². The molecule has 1 amide bonds. The highest BCUT2D eigenvalue weighted by molar-refractivity contribution is 9.09. The summed E-state index contributed by atoms with van der Waals surface area (Å²) in [4.78, 5) is 11.8. The van der Waals surface area contributed by atoms with Crippen molar-refractivity contribution in [3.8, 4) is 0 Å². The lowest BCUT2D eigenvalue weighted by Gasteiger charge is -2.13. The summed E-state index contributed by atoms with van der Waals surface area (Å²) in [6, 6.07) is 3.56. The number of rotatable bonds is 5. The number of hydrogen-bond acceptors (Lipinski definition) is 1. The number of hydrogen-bond donors (Lipinski definition) is 1. The maximum absolute atomic E-state index is 13.3. The molecule has 0 spiro atoms. The van der Waals surface area contributed by atoms with E-state index in [-0.39, 0.29) is 10.4 Å². The molecule has 100 valence electrons. The van der Waals surface area contributed by atoms with E-state index < -0.39 is 17.5 Å². The van der Waals surface area contributed by atoms with E-state index in [1.54, 1.807) is 0 Å². The molecule has 0 radical (unpaired) electrons. The molecular weight excluding hydrogens is 304 g/mol. The highest BCUT2D eigenvalue weighted by Crippen LogP contribution is 2.13. The summed E-state index contributed by atoms with van der Waals surface area (Å²) in [6.45, 7) is 4.53. The Morgan fingerprint density at radius 3 is 2.67 bits per heavy atom. The van der Waals surface area contributed by atoms with Gasteiger partial charge in [-0.05, 0) is 24.5 Å². The van der Waals surface area contributed by atoms with Crippen molar-refractivity contribution in [3.05, 3.63) is 35.4 Å². The zero-order valence-corrected chi connectivity index (χ0v) is 11.9. The van der Waals surface area contributed by atoms with Gasteiger partial charge in [-0.2, -0.15) is 0 Å². The summed E-state index contributed by atoms with van der Waals surface area (Å²) in [7, 11) is 0. The molecule has 5 heteroatoms. The third-order valence-corrected chi connectivity index (χ3v) is 3.11. The van der Waals surface area contributed by atoms with E-state index in [1.807, 2.05) is 0 Å². The van der Waals surface area contributed by atoms with E-state index in [4.69, 9.17) is 0 Å². The molecule has 0 aliphatic rings. The van der Waals surface area contributed by atoms with Gasteiger partial charge in [0.25, 0.3) is 5.91 Å². The minimum absolute atomic E-state index is 0.123. The second kappa shape index (κ2) is 6.83. The maximum atomic E-state index is 13.3. The van der Waals surface area contributed by atoms with E-state index in [1.165, 1.54) is 12.1 Å². The van der Waals surface area contributed by atoms with Gasteiger partial charge in [-0.3, -0.25) is 4.79 Å². The number of carbonyl (C=O) groups is 1. The van der Waals surface area contributed by atoms with Crippen LogP contribution in [0.3, 0.4) is 0 Å². The summed E-state index contributed by atoms with van der Waals surface area (Å²) in [5, 5.41) is 2.58. The van der Waals surface area contributed by atoms with Crippen LogP contribution in [0, 0.1) is 17.6 Å². The molecule has 0 saturated heterocycles. The van der Waals surface area contributed by atoms with Crippen molar-refractivity contribution in [3.63, 3.8) is 0 Å². The molecule has 1 aromatic rings. The van der Waals surface area contributed by atoms with Gasteiger partial charge < -0.3 is 5.32 Å². The van der Waals surface area contributed by atoms with E-state index >= 15 is 0 Å². The fourth-order valence-electron chi connectivity index (χ4n) is 1.57. The third kappa shape index (κ3) is 4.37. The van der Waals surface area contributed by atoms with Crippen molar-refractivity contribution in [1.82, 2.24) is 5.32 Å². The predicted octanol–water partition coefficient (Wildman–Crippen LogP) is 3.50. The van der Waals surface area contributed by atoms with Crippen LogP contribution in [0.4, 0.5) is 8.78 Å². The van der Waals surface area contributed by atoms with Crippen LogP contribution < -0.4 is 5.32 Å².